The standard InChI is InChI=1S/C13H18O7S/c1-10-4-2-3-5-12(10)19-8-11(14)9-20-13(15)6-7-21(16,17)18/h2-5,11,14H,6-9H2,1H3,(H,16,17,18). The lowest BCUT2D eigenvalue weighted by atomic mass is 10.2. The van der Waals surface area contributed by atoms with Crippen LogP contribution >= 0.6 is 0 Å². The van der Waals surface area contributed by atoms with Crippen molar-refractivity contribution >= 4 is 16.1 Å². The van der Waals surface area contributed by atoms with Gasteiger partial charge in [-0.25, -0.2) is 0 Å². The third kappa shape index (κ3) is 7.64. The van der Waals surface area contributed by atoms with E-state index in [9.17, 15) is 18.3 Å². The van der Waals surface area contributed by atoms with Crippen LogP contribution in [0, 0.1) is 6.92 Å². The van der Waals surface area contributed by atoms with Crippen LogP contribution in [0.25, 0.3) is 0 Å². The molecule has 0 saturated carbocycles. The van der Waals surface area contributed by atoms with Gasteiger partial charge in [0.25, 0.3) is 10.1 Å². The molecule has 0 fully saturated rings. The number of carbonyl (C=O) groups is 1. The molecule has 0 bridgehead atoms. The van der Waals surface area contributed by atoms with Crippen molar-refractivity contribution in [1.82, 2.24) is 0 Å². The maximum atomic E-state index is 11.2. The molecule has 0 aliphatic heterocycles. The summed E-state index contributed by atoms with van der Waals surface area (Å²) in [5, 5.41) is 9.61. The normalized spacial score (nSPS) is 12.7. The van der Waals surface area contributed by atoms with Gasteiger partial charge in [0.15, 0.2) is 0 Å². The summed E-state index contributed by atoms with van der Waals surface area (Å²) in [5.41, 5.74) is 0.912. The van der Waals surface area contributed by atoms with Crippen LogP contribution in [-0.2, 0) is 19.6 Å². The second-order valence-electron chi connectivity index (χ2n) is 4.45. The molecular formula is C13H18O7S. The molecule has 7 nitrogen and oxygen atoms in total. The summed E-state index contributed by atoms with van der Waals surface area (Å²) >= 11 is 0. The first-order valence-electron chi connectivity index (χ1n) is 6.25. The van der Waals surface area contributed by atoms with Gasteiger partial charge < -0.3 is 14.6 Å². The van der Waals surface area contributed by atoms with Gasteiger partial charge in [-0.2, -0.15) is 8.42 Å². The maximum absolute atomic E-state index is 11.2. The van der Waals surface area contributed by atoms with E-state index >= 15 is 0 Å². The van der Waals surface area contributed by atoms with Crippen molar-refractivity contribution in [2.45, 2.75) is 19.4 Å². The van der Waals surface area contributed by atoms with Crippen LogP contribution in [-0.4, -0.2) is 49.1 Å². The van der Waals surface area contributed by atoms with E-state index in [0.29, 0.717) is 5.75 Å². The number of rotatable bonds is 8. The number of para-hydroxylation sites is 1. The monoisotopic (exact) mass is 318 g/mol. The molecule has 1 aromatic carbocycles. The quantitative estimate of drug-likeness (QED) is 0.532. The van der Waals surface area contributed by atoms with E-state index in [2.05, 4.69) is 4.74 Å². The Hall–Kier alpha value is -1.64. The van der Waals surface area contributed by atoms with Gasteiger partial charge in [0.1, 0.15) is 25.1 Å². The molecule has 1 atom stereocenters. The fourth-order valence-corrected chi connectivity index (χ4v) is 1.85. The van der Waals surface area contributed by atoms with Crippen LogP contribution in [0.3, 0.4) is 0 Å². The van der Waals surface area contributed by atoms with E-state index in [1.807, 2.05) is 19.1 Å². The molecule has 8 heteroatoms. The van der Waals surface area contributed by atoms with Gasteiger partial charge in [0.05, 0.1) is 12.2 Å². The summed E-state index contributed by atoms with van der Waals surface area (Å²) in [5.74, 6) is -0.904. The first-order valence-corrected chi connectivity index (χ1v) is 7.86. The molecule has 0 amide bonds. The van der Waals surface area contributed by atoms with Gasteiger partial charge in [0, 0.05) is 0 Å². The minimum Gasteiger partial charge on any atom is -0.490 e. The molecule has 118 valence electrons. The number of hydrogen-bond donors (Lipinski definition) is 2. The molecule has 0 aromatic heterocycles. The highest BCUT2D eigenvalue weighted by Gasteiger charge is 2.13. The zero-order valence-electron chi connectivity index (χ0n) is 11.6. The topological polar surface area (TPSA) is 110 Å². The van der Waals surface area contributed by atoms with E-state index in [0.717, 1.165) is 5.56 Å². The van der Waals surface area contributed by atoms with E-state index < -0.39 is 34.4 Å². The zero-order valence-corrected chi connectivity index (χ0v) is 12.4. The Morgan fingerprint density at radius 2 is 1.95 bits per heavy atom. The van der Waals surface area contributed by atoms with Gasteiger partial charge in [-0.1, -0.05) is 18.2 Å². The van der Waals surface area contributed by atoms with E-state index in [1.54, 1.807) is 12.1 Å². The van der Waals surface area contributed by atoms with Gasteiger partial charge in [-0.15, -0.1) is 0 Å². The van der Waals surface area contributed by atoms with Crippen LogP contribution in [0.5, 0.6) is 5.75 Å². The molecule has 2 N–H and O–H groups in total. The van der Waals surface area contributed by atoms with Crippen LogP contribution in [0.2, 0.25) is 0 Å². The summed E-state index contributed by atoms with van der Waals surface area (Å²) in [6, 6.07) is 7.26. The molecule has 0 aliphatic carbocycles. The Morgan fingerprint density at radius 3 is 2.57 bits per heavy atom. The SMILES string of the molecule is Cc1ccccc1OCC(O)COC(=O)CCS(=O)(=O)O. The van der Waals surface area contributed by atoms with E-state index in [1.165, 1.54) is 0 Å². The van der Waals surface area contributed by atoms with Crippen molar-refractivity contribution in [3.05, 3.63) is 29.8 Å². The Labute approximate surface area is 123 Å². The molecule has 0 spiro atoms. The average Bonchev–Trinajstić information content (AvgIpc) is 2.41. The summed E-state index contributed by atoms with van der Waals surface area (Å²) in [7, 11) is -4.20. The highest BCUT2D eigenvalue weighted by molar-refractivity contribution is 7.85. The maximum Gasteiger partial charge on any atom is 0.307 e. The Bertz CT molecular complexity index is 568. The van der Waals surface area contributed by atoms with Crippen molar-refractivity contribution in [3.63, 3.8) is 0 Å². The number of ether oxygens (including phenoxy) is 2. The molecule has 1 aromatic rings. The fourth-order valence-electron chi connectivity index (χ4n) is 1.43. The van der Waals surface area contributed by atoms with E-state index in [-0.39, 0.29) is 13.2 Å². The second-order valence-corrected chi connectivity index (χ2v) is 6.02. The molecule has 1 unspecified atom stereocenters. The van der Waals surface area contributed by atoms with Crippen LogP contribution in [0.15, 0.2) is 24.3 Å². The van der Waals surface area contributed by atoms with Crippen molar-refractivity contribution < 1.29 is 32.3 Å². The lowest BCUT2D eigenvalue weighted by Crippen LogP contribution is -2.26. The number of carbonyl (C=O) groups excluding carboxylic acids is 1. The first-order chi connectivity index (χ1) is 9.78. The first kappa shape index (κ1) is 17.4. The smallest absolute Gasteiger partial charge is 0.307 e. The second kappa shape index (κ2) is 7.96. The molecule has 0 aliphatic rings. The molecular weight excluding hydrogens is 300 g/mol. The largest absolute Gasteiger partial charge is 0.490 e. The van der Waals surface area contributed by atoms with Crippen LogP contribution in [0.1, 0.15) is 12.0 Å². The number of aliphatic hydroxyl groups excluding tert-OH is 1. The predicted octanol–water partition coefficient (Wildman–Crippen LogP) is 0.556. The number of aliphatic hydroxyl groups is 1. The molecule has 0 heterocycles. The minimum absolute atomic E-state index is 0.0591. The number of hydrogen-bond acceptors (Lipinski definition) is 6. The van der Waals surface area contributed by atoms with Gasteiger partial charge in [-0.3, -0.25) is 9.35 Å². The molecule has 21 heavy (non-hydrogen) atoms. The third-order valence-electron chi connectivity index (χ3n) is 2.53. The van der Waals surface area contributed by atoms with Crippen molar-refractivity contribution in [2.24, 2.45) is 0 Å². The summed E-state index contributed by atoms with van der Waals surface area (Å²) in [4.78, 5) is 11.2. The highest BCUT2D eigenvalue weighted by atomic mass is 32.2. The van der Waals surface area contributed by atoms with Crippen molar-refractivity contribution in [2.75, 3.05) is 19.0 Å². The number of esters is 1. The van der Waals surface area contributed by atoms with Crippen LogP contribution in [0.4, 0.5) is 0 Å². The van der Waals surface area contributed by atoms with Gasteiger partial charge in [-0.05, 0) is 18.6 Å². The average molecular weight is 318 g/mol. The number of aryl methyl sites for hydroxylation is 1. The summed E-state index contributed by atoms with van der Waals surface area (Å²) in [6.45, 7) is 1.49. The Kier molecular flexibility index (Phi) is 6.60. The summed E-state index contributed by atoms with van der Waals surface area (Å²) in [6.07, 6.45) is -1.50. The minimum atomic E-state index is -4.20. The predicted molar refractivity (Wildman–Crippen MR) is 74.7 cm³/mol. The Morgan fingerprint density at radius 1 is 1.29 bits per heavy atom. The fraction of sp³-hybridized carbons (Fsp3) is 0.462. The van der Waals surface area contributed by atoms with E-state index in [4.69, 9.17) is 9.29 Å². The molecule has 1 rings (SSSR count). The molecule has 0 radical (unpaired) electrons. The summed E-state index contributed by atoms with van der Waals surface area (Å²) < 4.78 is 39.4. The van der Waals surface area contributed by atoms with Gasteiger partial charge in [0.2, 0.25) is 0 Å². The lowest BCUT2D eigenvalue weighted by molar-refractivity contribution is -0.146. The third-order valence-corrected chi connectivity index (χ3v) is 3.25. The Balaban J connectivity index is 2.27. The van der Waals surface area contributed by atoms with Gasteiger partial charge >= 0.3 is 5.97 Å². The van der Waals surface area contributed by atoms with Crippen molar-refractivity contribution in [3.8, 4) is 5.75 Å². The van der Waals surface area contributed by atoms with Crippen LogP contribution < -0.4 is 4.74 Å². The molecule has 0 saturated heterocycles. The number of benzene rings is 1. The van der Waals surface area contributed by atoms with Crippen molar-refractivity contribution in [1.29, 1.82) is 0 Å². The lowest BCUT2D eigenvalue weighted by Gasteiger charge is -2.14. The highest BCUT2D eigenvalue weighted by Crippen LogP contribution is 2.16. The zero-order chi connectivity index (χ0) is 15.9.